The summed E-state index contributed by atoms with van der Waals surface area (Å²) in [5.74, 6) is 1.47. The standard InChI is InChI=1S/C15H28N2O3S/c1-6-17(11-13(4)5)21(18,19)15-8-7-14(20-15)10-16-9-12(2)3/h7-8,12-13,16H,6,9-11H2,1-5H3. The fraction of sp³-hybridized carbons (Fsp3) is 0.733. The van der Waals surface area contributed by atoms with Gasteiger partial charge < -0.3 is 9.73 Å². The van der Waals surface area contributed by atoms with Gasteiger partial charge in [-0.25, -0.2) is 8.42 Å². The van der Waals surface area contributed by atoms with Crippen molar-refractivity contribution in [3.05, 3.63) is 17.9 Å². The lowest BCUT2D eigenvalue weighted by Gasteiger charge is -2.20. The van der Waals surface area contributed by atoms with Gasteiger partial charge in [-0.1, -0.05) is 34.6 Å². The van der Waals surface area contributed by atoms with Crippen molar-refractivity contribution < 1.29 is 12.8 Å². The predicted molar refractivity (Wildman–Crippen MR) is 84.5 cm³/mol. The second kappa shape index (κ2) is 7.96. The van der Waals surface area contributed by atoms with Gasteiger partial charge in [0.25, 0.3) is 10.0 Å². The molecule has 1 aromatic rings. The van der Waals surface area contributed by atoms with E-state index in [0.717, 1.165) is 6.54 Å². The molecule has 0 aliphatic rings. The van der Waals surface area contributed by atoms with Gasteiger partial charge in [0.2, 0.25) is 5.09 Å². The van der Waals surface area contributed by atoms with Gasteiger partial charge in [0.05, 0.1) is 6.54 Å². The maximum atomic E-state index is 12.5. The van der Waals surface area contributed by atoms with Gasteiger partial charge in [0, 0.05) is 13.1 Å². The third-order valence-electron chi connectivity index (χ3n) is 3.00. The van der Waals surface area contributed by atoms with Crippen LogP contribution in [0.15, 0.2) is 21.6 Å². The van der Waals surface area contributed by atoms with E-state index in [0.29, 0.717) is 31.3 Å². The maximum absolute atomic E-state index is 12.5. The molecule has 1 heterocycles. The number of nitrogens with one attached hydrogen (secondary N) is 1. The summed E-state index contributed by atoms with van der Waals surface area (Å²) < 4.78 is 32.0. The third kappa shape index (κ3) is 5.45. The smallest absolute Gasteiger partial charge is 0.276 e. The first-order chi connectivity index (χ1) is 9.77. The van der Waals surface area contributed by atoms with Crippen LogP contribution in [0.4, 0.5) is 0 Å². The van der Waals surface area contributed by atoms with Gasteiger partial charge in [-0.05, 0) is 30.5 Å². The van der Waals surface area contributed by atoms with Crippen molar-refractivity contribution in [1.29, 1.82) is 0 Å². The number of hydrogen-bond donors (Lipinski definition) is 1. The lowest BCUT2D eigenvalue weighted by atomic mass is 10.2. The summed E-state index contributed by atoms with van der Waals surface area (Å²) in [5.41, 5.74) is 0. The minimum absolute atomic E-state index is 0.0337. The first-order valence-electron chi connectivity index (χ1n) is 7.57. The van der Waals surface area contributed by atoms with Crippen LogP contribution in [0.3, 0.4) is 0 Å². The number of nitrogens with zero attached hydrogens (tertiary/aromatic N) is 1. The molecule has 0 radical (unpaired) electrons. The zero-order valence-corrected chi connectivity index (χ0v) is 14.5. The van der Waals surface area contributed by atoms with Crippen LogP contribution in [0.1, 0.15) is 40.4 Å². The third-order valence-corrected chi connectivity index (χ3v) is 4.82. The maximum Gasteiger partial charge on any atom is 0.276 e. The Hall–Kier alpha value is -0.850. The molecule has 6 heteroatoms. The van der Waals surface area contributed by atoms with E-state index >= 15 is 0 Å². The van der Waals surface area contributed by atoms with Crippen molar-refractivity contribution in [2.75, 3.05) is 19.6 Å². The molecule has 1 aromatic heterocycles. The van der Waals surface area contributed by atoms with E-state index < -0.39 is 10.0 Å². The van der Waals surface area contributed by atoms with E-state index in [-0.39, 0.29) is 11.0 Å². The average Bonchev–Trinajstić information content (AvgIpc) is 2.84. The Morgan fingerprint density at radius 3 is 2.38 bits per heavy atom. The number of hydrogen-bond acceptors (Lipinski definition) is 4. The van der Waals surface area contributed by atoms with Crippen molar-refractivity contribution >= 4 is 10.0 Å². The largest absolute Gasteiger partial charge is 0.447 e. The lowest BCUT2D eigenvalue weighted by molar-refractivity contribution is 0.348. The van der Waals surface area contributed by atoms with E-state index in [1.165, 1.54) is 4.31 Å². The van der Waals surface area contributed by atoms with Crippen molar-refractivity contribution in [2.24, 2.45) is 11.8 Å². The quantitative estimate of drug-likeness (QED) is 0.761. The SMILES string of the molecule is CCN(CC(C)C)S(=O)(=O)c1ccc(CNCC(C)C)o1. The van der Waals surface area contributed by atoms with Gasteiger partial charge in [-0.2, -0.15) is 4.31 Å². The highest BCUT2D eigenvalue weighted by Crippen LogP contribution is 2.19. The van der Waals surface area contributed by atoms with Crippen molar-refractivity contribution in [1.82, 2.24) is 9.62 Å². The number of sulfonamides is 1. The second-order valence-electron chi connectivity index (χ2n) is 6.10. The molecule has 0 saturated heterocycles. The number of rotatable bonds is 9. The van der Waals surface area contributed by atoms with Crippen LogP contribution in [0.5, 0.6) is 0 Å². The second-order valence-corrected chi connectivity index (χ2v) is 7.96. The van der Waals surface area contributed by atoms with E-state index in [1.54, 1.807) is 12.1 Å². The minimum atomic E-state index is -3.53. The number of furan rings is 1. The molecule has 21 heavy (non-hydrogen) atoms. The first-order valence-corrected chi connectivity index (χ1v) is 9.01. The van der Waals surface area contributed by atoms with E-state index in [2.05, 4.69) is 19.2 Å². The topological polar surface area (TPSA) is 62.6 Å². The molecule has 1 N–H and O–H groups in total. The molecule has 0 atom stereocenters. The Bertz CT molecular complexity index is 521. The summed E-state index contributed by atoms with van der Waals surface area (Å²) >= 11 is 0. The van der Waals surface area contributed by atoms with Crippen LogP contribution in [0.25, 0.3) is 0 Å². The molecule has 0 aromatic carbocycles. The van der Waals surface area contributed by atoms with Gasteiger partial charge >= 0.3 is 0 Å². The van der Waals surface area contributed by atoms with E-state index in [4.69, 9.17) is 4.42 Å². The van der Waals surface area contributed by atoms with E-state index in [1.807, 2.05) is 20.8 Å². The fourth-order valence-corrected chi connectivity index (χ4v) is 3.55. The lowest BCUT2D eigenvalue weighted by Crippen LogP contribution is -2.33. The summed E-state index contributed by atoms with van der Waals surface area (Å²) in [6.45, 7) is 12.5. The Labute approximate surface area is 128 Å². The van der Waals surface area contributed by atoms with Gasteiger partial charge in [0.1, 0.15) is 5.76 Å². The van der Waals surface area contributed by atoms with Crippen LogP contribution in [0.2, 0.25) is 0 Å². The Balaban J connectivity index is 2.77. The van der Waals surface area contributed by atoms with Crippen molar-refractivity contribution in [3.8, 4) is 0 Å². The molecule has 0 amide bonds. The first kappa shape index (κ1) is 18.2. The zero-order chi connectivity index (χ0) is 16.0. The van der Waals surface area contributed by atoms with Gasteiger partial charge in [0.15, 0.2) is 0 Å². The molecule has 0 aliphatic heterocycles. The molecule has 1 rings (SSSR count). The highest BCUT2D eigenvalue weighted by Gasteiger charge is 2.26. The normalized spacial score (nSPS) is 12.8. The molecular weight excluding hydrogens is 288 g/mol. The summed E-state index contributed by atoms with van der Waals surface area (Å²) in [6.07, 6.45) is 0. The summed E-state index contributed by atoms with van der Waals surface area (Å²) in [6, 6.07) is 3.27. The predicted octanol–water partition coefficient (Wildman–Crippen LogP) is 2.69. The Morgan fingerprint density at radius 2 is 1.86 bits per heavy atom. The molecule has 0 unspecified atom stereocenters. The monoisotopic (exact) mass is 316 g/mol. The summed E-state index contributed by atoms with van der Waals surface area (Å²) in [7, 11) is -3.53. The molecule has 0 saturated carbocycles. The molecule has 0 fully saturated rings. The highest BCUT2D eigenvalue weighted by molar-refractivity contribution is 7.89. The van der Waals surface area contributed by atoms with Crippen LogP contribution in [-0.4, -0.2) is 32.4 Å². The van der Waals surface area contributed by atoms with E-state index in [9.17, 15) is 8.42 Å². The Kier molecular flexibility index (Phi) is 6.90. The van der Waals surface area contributed by atoms with Crippen LogP contribution >= 0.6 is 0 Å². The molecule has 0 aliphatic carbocycles. The molecule has 0 bridgehead atoms. The molecule has 122 valence electrons. The fourth-order valence-electron chi connectivity index (χ4n) is 2.01. The van der Waals surface area contributed by atoms with Gasteiger partial charge in [-0.3, -0.25) is 0 Å². The molecule has 5 nitrogen and oxygen atoms in total. The average molecular weight is 316 g/mol. The van der Waals surface area contributed by atoms with Crippen molar-refractivity contribution in [2.45, 2.75) is 46.3 Å². The minimum Gasteiger partial charge on any atom is -0.447 e. The van der Waals surface area contributed by atoms with Crippen LogP contribution in [-0.2, 0) is 16.6 Å². The summed E-state index contributed by atoms with van der Waals surface area (Å²) in [5, 5.41) is 3.27. The zero-order valence-electron chi connectivity index (χ0n) is 13.7. The van der Waals surface area contributed by atoms with Gasteiger partial charge in [-0.15, -0.1) is 0 Å². The molecule has 0 spiro atoms. The van der Waals surface area contributed by atoms with Crippen LogP contribution in [0, 0.1) is 11.8 Å². The van der Waals surface area contributed by atoms with Crippen LogP contribution < -0.4 is 5.32 Å². The molecular formula is C15H28N2O3S. The Morgan fingerprint density at radius 1 is 1.19 bits per heavy atom. The van der Waals surface area contributed by atoms with Crippen molar-refractivity contribution in [3.63, 3.8) is 0 Å². The highest BCUT2D eigenvalue weighted by atomic mass is 32.2. The summed E-state index contributed by atoms with van der Waals surface area (Å²) in [4.78, 5) is 0.